The molecule has 8 atom stereocenters. The maximum absolute atomic E-state index is 15.3. The number of carbonyl (C=O) groups is 4. The summed E-state index contributed by atoms with van der Waals surface area (Å²) < 4.78 is 12.4. The molecular formula is C42H54BrN3O7. The van der Waals surface area contributed by atoms with Crippen molar-refractivity contribution >= 4 is 39.6 Å². The normalized spacial score (nSPS) is 26.1. The molecular weight excluding hydrogens is 738 g/mol. The van der Waals surface area contributed by atoms with Crippen LogP contribution in [-0.2, 0) is 28.7 Å². The number of nitrogens with one attached hydrogen (secondary N) is 1. The van der Waals surface area contributed by atoms with Gasteiger partial charge in [0.1, 0.15) is 18.2 Å². The van der Waals surface area contributed by atoms with Crippen molar-refractivity contribution in [1.29, 1.82) is 0 Å². The SMILES string of the molecule is C=CCCC(=O)OC[C@H](NC(=O)[C@@H]1[C@H]2O[C@@]3(CC2Br)[C@H](C(=O)N(CC=C)C(C)(C)CC(C)(C)C)N([C@H](CO)c2ccccc2)C(=O)[C@@H]13)c1ccccc1. The second-order valence-corrected chi connectivity index (χ2v) is 17.5. The molecule has 3 aliphatic rings. The first kappa shape index (κ1) is 40.4. The molecule has 1 unspecified atom stereocenters. The second-order valence-electron chi connectivity index (χ2n) is 16.3. The molecule has 53 heavy (non-hydrogen) atoms. The Balaban J connectivity index is 1.57. The summed E-state index contributed by atoms with van der Waals surface area (Å²) >= 11 is 3.78. The zero-order valence-corrected chi connectivity index (χ0v) is 33.1. The molecule has 0 radical (unpaired) electrons. The van der Waals surface area contributed by atoms with Crippen LogP contribution in [0.4, 0.5) is 0 Å². The van der Waals surface area contributed by atoms with Crippen molar-refractivity contribution < 1.29 is 33.8 Å². The average Bonchev–Trinajstić information content (AvgIpc) is 3.71. The lowest BCUT2D eigenvalue weighted by Gasteiger charge is -2.46. The van der Waals surface area contributed by atoms with Gasteiger partial charge in [-0.1, -0.05) is 110 Å². The van der Waals surface area contributed by atoms with Crippen molar-refractivity contribution in [3.63, 3.8) is 0 Å². The molecule has 3 amide bonds. The molecule has 2 aromatic carbocycles. The molecule has 5 rings (SSSR count). The van der Waals surface area contributed by atoms with E-state index in [9.17, 15) is 14.7 Å². The van der Waals surface area contributed by atoms with Gasteiger partial charge in [0.25, 0.3) is 0 Å². The third kappa shape index (κ3) is 8.17. The second kappa shape index (κ2) is 16.3. The molecule has 286 valence electrons. The van der Waals surface area contributed by atoms with E-state index in [1.807, 2.05) is 74.5 Å². The van der Waals surface area contributed by atoms with Crippen molar-refractivity contribution in [2.24, 2.45) is 17.3 Å². The van der Waals surface area contributed by atoms with Gasteiger partial charge >= 0.3 is 5.97 Å². The molecule has 3 saturated heterocycles. The van der Waals surface area contributed by atoms with Crippen molar-refractivity contribution in [2.45, 2.75) is 100 Å². The molecule has 10 nitrogen and oxygen atoms in total. The van der Waals surface area contributed by atoms with Gasteiger partial charge in [-0.25, -0.2) is 0 Å². The van der Waals surface area contributed by atoms with E-state index >= 15 is 9.59 Å². The third-order valence-corrected chi connectivity index (χ3v) is 11.6. The molecule has 11 heteroatoms. The van der Waals surface area contributed by atoms with Crippen LogP contribution in [0.1, 0.15) is 83.5 Å². The maximum Gasteiger partial charge on any atom is 0.306 e. The van der Waals surface area contributed by atoms with Crippen LogP contribution in [0, 0.1) is 17.3 Å². The Morgan fingerprint density at radius 1 is 1.06 bits per heavy atom. The Hall–Kier alpha value is -3.80. The highest BCUT2D eigenvalue weighted by atomic mass is 79.9. The Bertz CT molecular complexity index is 1660. The first-order valence-corrected chi connectivity index (χ1v) is 19.4. The van der Waals surface area contributed by atoms with Gasteiger partial charge in [-0.2, -0.15) is 0 Å². The quantitative estimate of drug-likeness (QED) is 0.120. The van der Waals surface area contributed by atoms with E-state index in [4.69, 9.17) is 9.47 Å². The number of allylic oxidation sites excluding steroid dienone is 1. The first-order valence-electron chi connectivity index (χ1n) is 18.4. The zero-order chi connectivity index (χ0) is 38.7. The van der Waals surface area contributed by atoms with Crippen molar-refractivity contribution in [3.05, 3.63) is 97.1 Å². The van der Waals surface area contributed by atoms with Gasteiger partial charge < -0.3 is 29.7 Å². The van der Waals surface area contributed by atoms with E-state index in [0.29, 0.717) is 24.8 Å². The number of esters is 1. The number of ether oxygens (including phenoxy) is 2. The number of carbonyl (C=O) groups excluding carboxylic acids is 4. The van der Waals surface area contributed by atoms with Crippen LogP contribution in [0.3, 0.4) is 0 Å². The lowest BCUT2D eigenvalue weighted by molar-refractivity contribution is -0.155. The van der Waals surface area contributed by atoms with E-state index in [1.54, 1.807) is 17.1 Å². The molecule has 3 fully saturated rings. The summed E-state index contributed by atoms with van der Waals surface area (Å²) in [5.74, 6) is -3.60. The molecule has 2 bridgehead atoms. The predicted molar refractivity (Wildman–Crippen MR) is 207 cm³/mol. The predicted octanol–water partition coefficient (Wildman–Crippen LogP) is 6.06. The number of hydrogen-bond acceptors (Lipinski definition) is 7. The van der Waals surface area contributed by atoms with Gasteiger partial charge in [-0.15, -0.1) is 13.2 Å². The smallest absolute Gasteiger partial charge is 0.306 e. The number of fused-ring (bicyclic) bond motifs is 1. The molecule has 1 spiro atoms. The van der Waals surface area contributed by atoms with E-state index in [-0.39, 0.29) is 35.7 Å². The Kier molecular flexibility index (Phi) is 12.4. The molecule has 3 aliphatic heterocycles. The van der Waals surface area contributed by atoms with Crippen LogP contribution < -0.4 is 5.32 Å². The lowest BCUT2D eigenvalue weighted by atomic mass is 9.70. The number of hydrogen-bond donors (Lipinski definition) is 2. The molecule has 0 saturated carbocycles. The van der Waals surface area contributed by atoms with Crippen molar-refractivity contribution in [1.82, 2.24) is 15.1 Å². The lowest BCUT2D eigenvalue weighted by Crippen LogP contribution is -2.61. The van der Waals surface area contributed by atoms with Crippen LogP contribution in [0.15, 0.2) is 86.0 Å². The molecule has 2 aromatic rings. The number of halogens is 1. The summed E-state index contributed by atoms with van der Waals surface area (Å²) in [7, 11) is 0. The number of likely N-dealkylation sites (tertiary alicyclic amines) is 1. The number of alkyl halides is 1. The Morgan fingerprint density at radius 2 is 1.68 bits per heavy atom. The number of aliphatic hydroxyl groups excluding tert-OH is 1. The van der Waals surface area contributed by atoms with Gasteiger partial charge in [-0.05, 0) is 49.7 Å². The topological polar surface area (TPSA) is 125 Å². The Morgan fingerprint density at radius 3 is 2.25 bits per heavy atom. The molecule has 3 heterocycles. The first-order chi connectivity index (χ1) is 25.1. The maximum atomic E-state index is 15.3. The molecule has 0 aromatic heterocycles. The van der Waals surface area contributed by atoms with Gasteiger partial charge in [0.2, 0.25) is 17.7 Å². The minimum Gasteiger partial charge on any atom is -0.463 e. The highest BCUT2D eigenvalue weighted by Gasteiger charge is 2.77. The summed E-state index contributed by atoms with van der Waals surface area (Å²) in [5.41, 5.74) is -0.760. The monoisotopic (exact) mass is 791 g/mol. The van der Waals surface area contributed by atoms with E-state index in [0.717, 1.165) is 5.56 Å². The molecule has 0 aliphatic carbocycles. The summed E-state index contributed by atoms with van der Waals surface area (Å²) in [4.78, 5) is 60.4. The number of nitrogens with zero attached hydrogens (tertiary/aromatic N) is 2. The third-order valence-electron chi connectivity index (χ3n) is 10.7. The number of benzene rings is 2. The average molecular weight is 793 g/mol. The fraction of sp³-hybridized carbons (Fsp3) is 0.524. The fourth-order valence-electron chi connectivity index (χ4n) is 8.96. The molecule has 2 N–H and O–H groups in total. The minimum atomic E-state index is -1.37. The highest BCUT2D eigenvalue weighted by Crippen LogP contribution is 2.61. The van der Waals surface area contributed by atoms with E-state index in [1.165, 1.54) is 4.90 Å². The van der Waals surface area contributed by atoms with E-state index < -0.39 is 71.6 Å². The van der Waals surface area contributed by atoms with Gasteiger partial charge in [0.15, 0.2) is 0 Å². The fourth-order valence-corrected chi connectivity index (χ4v) is 9.90. The van der Waals surface area contributed by atoms with E-state index in [2.05, 4.69) is 55.2 Å². The largest absolute Gasteiger partial charge is 0.463 e. The summed E-state index contributed by atoms with van der Waals surface area (Å²) in [6.45, 7) is 17.7. The van der Waals surface area contributed by atoms with Crippen LogP contribution in [0.5, 0.6) is 0 Å². The van der Waals surface area contributed by atoms with Gasteiger partial charge in [0.05, 0.1) is 36.6 Å². The number of rotatable bonds is 16. The zero-order valence-electron chi connectivity index (χ0n) is 31.5. The van der Waals surface area contributed by atoms with Crippen LogP contribution >= 0.6 is 15.9 Å². The number of aliphatic hydroxyl groups is 1. The summed E-state index contributed by atoms with van der Waals surface area (Å²) in [6.07, 6.45) is 4.20. The van der Waals surface area contributed by atoms with Gasteiger partial charge in [0, 0.05) is 23.3 Å². The summed E-state index contributed by atoms with van der Waals surface area (Å²) in [6, 6.07) is 15.6. The highest BCUT2D eigenvalue weighted by molar-refractivity contribution is 9.09. The summed E-state index contributed by atoms with van der Waals surface area (Å²) in [5, 5.41) is 14.0. The minimum absolute atomic E-state index is 0.112. The van der Waals surface area contributed by atoms with Crippen molar-refractivity contribution in [2.75, 3.05) is 19.8 Å². The van der Waals surface area contributed by atoms with Crippen LogP contribution in [-0.4, -0.2) is 86.5 Å². The van der Waals surface area contributed by atoms with Crippen molar-refractivity contribution in [3.8, 4) is 0 Å². The number of amides is 3. The van der Waals surface area contributed by atoms with Gasteiger partial charge in [-0.3, -0.25) is 19.2 Å². The Labute approximate surface area is 322 Å². The standard InChI is InChI=1S/C42H54BrN3O7/c1-8-10-21-32(48)52-25-30(27-17-13-11-14-18-27)44-37(49)33-34-38(50)46(31(24-47)28-19-15-12-16-20-28)36(42(34)23-29(43)35(33)53-42)39(51)45(22-9-2)41(6,7)26-40(3,4)5/h8-9,11-20,29-31,33-36,47H,1-2,10,21-26H2,3-7H3,(H,44,49)/t29?,30-,31+,33-,34+,35-,36-,42+/m0/s1. The van der Waals surface area contributed by atoms with Crippen LogP contribution in [0.25, 0.3) is 0 Å². The van der Waals surface area contributed by atoms with Crippen LogP contribution in [0.2, 0.25) is 0 Å².